The Morgan fingerprint density at radius 2 is 1.64 bits per heavy atom. The molecule has 5 nitrogen and oxygen atoms in total. The predicted molar refractivity (Wildman–Crippen MR) is 112 cm³/mol. The van der Waals surface area contributed by atoms with Gasteiger partial charge in [0.05, 0.1) is 16.3 Å². The van der Waals surface area contributed by atoms with E-state index in [4.69, 9.17) is 0 Å². The van der Waals surface area contributed by atoms with Crippen LogP contribution < -0.4 is 0 Å². The van der Waals surface area contributed by atoms with Gasteiger partial charge in [-0.05, 0) is 36.6 Å². The summed E-state index contributed by atoms with van der Waals surface area (Å²) in [5, 5.41) is 0. The molecule has 0 unspecified atom stereocenters. The molecular weight excluding hydrogens is 370 g/mol. The van der Waals surface area contributed by atoms with Gasteiger partial charge in [0.25, 0.3) is 0 Å². The molecule has 150 valence electrons. The first-order chi connectivity index (χ1) is 13.5. The van der Waals surface area contributed by atoms with E-state index < -0.39 is 9.84 Å². The minimum Gasteiger partial charge on any atom is -0.298 e. The van der Waals surface area contributed by atoms with Gasteiger partial charge in [-0.3, -0.25) is 14.8 Å². The number of benzene rings is 1. The van der Waals surface area contributed by atoms with E-state index in [1.807, 2.05) is 18.3 Å². The lowest BCUT2D eigenvalue weighted by atomic mass is 9.91. The van der Waals surface area contributed by atoms with Crippen LogP contribution in [-0.4, -0.2) is 61.2 Å². The topological polar surface area (TPSA) is 53.5 Å². The summed E-state index contributed by atoms with van der Waals surface area (Å²) < 4.78 is 23.9. The third kappa shape index (κ3) is 4.29. The first-order valence-corrected chi connectivity index (χ1v) is 11.9. The van der Waals surface area contributed by atoms with E-state index in [1.165, 1.54) is 32.4 Å². The van der Waals surface area contributed by atoms with E-state index in [-0.39, 0.29) is 5.75 Å². The zero-order valence-electron chi connectivity index (χ0n) is 16.5. The van der Waals surface area contributed by atoms with Crippen LogP contribution in [0.25, 0.3) is 11.1 Å². The molecule has 2 aromatic rings. The Morgan fingerprint density at radius 3 is 2.18 bits per heavy atom. The van der Waals surface area contributed by atoms with E-state index in [0.29, 0.717) is 4.90 Å². The molecule has 1 saturated heterocycles. The number of aromatic nitrogens is 1. The van der Waals surface area contributed by atoms with Crippen molar-refractivity contribution in [3.8, 4) is 11.1 Å². The van der Waals surface area contributed by atoms with Gasteiger partial charge in [-0.2, -0.15) is 0 Å². The van der Waals surface area contributed by atoms with Crippen molar-refractivity contribution in [3.63, 3.8) is 0 Å². The maximum absolute atomic E-state index is 11.9. The number of rotatable bonds is 6. The van der Waals surface area contributed by atoms with Crippen molar-refractivity contribution in [2.24, 2.45) is 0 Å². The second-order valence-corrected chi connectivity index (χ2v) is 10.1. The molecule has 0 atom stereocenters. The molecule has 0 radical (unpaired) electrons. The molecule has 2 fully saturated rings. The molecule has 1 saturated carbocycles. The van der Waals surface area contributed by atoms with Gasteiger partial charge in [0.2, 0.25) is 0 Å². The molecule has 1 aromatic carbocycles. The molecular formula is C22H29N3O2S. The van der Waals surface area contributed by atoms with Crippen LogP contribution in [-0.2, 0) is 16.4 Å². The van der Waals surface area contributed by atoms with E-state index in [9.17, 15) is 8.42 Å². The third-order valence-corrected chi connectivity index (χ3v) is 7.89. The van der Waals surface area contributed by atoms with Crippen LogP contribution in [0.1, 0.15) is 31.9 Å². The van der Waals surface area contributed by atoms with Gasteiger partial charge in [-0.15, -0.1) is 0 Å². The predicted octanol–water partition coefficient (Wildman–Crippen LogP) is 3.21. The van der Waals surface area contributed by atoms with Crippen molar-refractivity contribution < 1.29 is 8.42 Å². The van der Waals surface area contributed by atoms with Crippen molar-refractivity contribution in [1.29, 1.82) is 0 Å². The summed E-state index contributed by atoms with van der Waals surface area (Å²) in [6, 6.07) is 12.1. The highest BCUT2D eigenvalue weighted by atomic mass is 32.2. The summed E-state index contributed by atoms with van der Waals surface area (Å²) in [7, 11) is -3.15. The number of hydrogen-bond donors (Lipinski definition) is 0. The molecule has 2 aliphatic rings. The lowest BCUT2D eigenvalue weighted by Gasteiger charge is -2.42. The molecule has 1 aliphatic heterocycles. The molecule has 0 amide bonds. The monoisotopic (exact) mass is 399 g/mol. The van der Waals surface area contributed by atoms with E-state index in [0.717, 1.165) is 42.5 Å². The largest absolute Gasteiger partial charge is 0.298 e. The molecule has 0 bridgehead atoms. The van der Waals surface area contributed by atoms with Crippen molar-refractivity contribution in [2.75, 3.05) is 31.9 Å². The number of hydrogen-bond acceptors (Lipinski definition) is 5. The van der Waals surface area contributed by atoms with Crippen LogP contribution in [0, 0.1) is 0 Å². The van der Waals surface area contributed by atoms with Gasteiger partial charge in [-0.25, -0.2) is 8.42 Å². The number of pyridine rings is 1. The van der Waals surface area contributed by atoms with Crippen LogP contribution in [0.2, 0.25) is 0 Å². The lowest BCUT2D eigenvalue weighted by molar-refractivity contribution is 0.0583. The Balaban J connectivity index is 1.35. The molecule has 6 heteroatoms. The van der Waals surface area contributed by atoms with Crippen molar-refractivity contribution in [3.05, 3.63) is 48.3 Å². The van der Waals surface area contributed by atoms with Crippen LogP contribution in [0.3, 0.4) is 0 Å². The van der Waals surface area contributed by atoms with Gasteiger partial charge in [0.1, 0.15) is 0 Å². The zero-order valence-corrected chi connectivity index (χ0v) is 17.4. The zero-order chi connectivity index (χ0) is 19.6. The Morgan fingerprint density at radius 1 is 0.964 bits per heavy atom. The highest BCUT2D eigenvalue weighted by Crippen LogP contribution is 2.26. The minimum absolute atomic E-state index is 0.123. The molecule has 4 rings (SSSR count). The second kappa shape index (κ2) is 8.31. The summed E-state index contributed by atoms with van der Waals surface area (Å²) in [4.78, 5) is 10.2. The van der Waals surface area contributed by atoms with Gasteiger partial charge < -0.3 is 0 Å². The molecule has 2 heterocycles. The highest BCUT2D eigenvalue weighted by Gasteiger charge is 2.27. The maximum atomic E-state index is 11.9. The fraction of sp³-hybridized carbons (Fsp3) is 0.500. The van der Waals surface area contributed by atoms with E-state index in [2.05, 4.69) is 26.9 Å². The fourth-order valence-electron chi connectivity index (χ4n) is 3.98. The molecule has 0 spiro atoms. The fourth-order valence-corrected chi connectivity index (χ4v) is 4.86. The first-order valence-electron chi connectivity index (χ1n) is 10.3. The number of piperazine rings is 1. The standard InChI is InChI=1S/C22H29N3O2S/c1-2-28(26,27)22-10-7-18(8-11-22)19-6-9-20(23-16-19)17-24-12-14-25(15-13-24)21-4-3-5-21/h6-11,16,21H,2-5,12-15,17H2,1H3. The van der Waals surface area contributed by atoms with Gasteiger partial charge >= 0.3 is 0 Å². The van der Waals surface area contributed by atoms with E-state index in [1.54, 1.807) is 19.1 Å². The highest BCUT2D eigenvalue weighted by molar-refractivity contribution is 7.91. The molecule has 28 heavy (non-hydrogen) atoms. The Labute approximate surface area is 168 Å². The van der Waals surface area contributed by atoms with Crippen molar-refractivity contribution in [2.45, 2.75) is 43.7 Å². The van der Waals surface area contributed by atoms with Crippen molar-refractivity contribution in [1.82, 2.24) is 14.8 Å². The summed E-state index contributed by atoms with van der Waals surface area (Å²) in [5.74, 6) is 0.123. The van der Waals surface area contributed by atoms with Crippen molar-refractivity contribution >= 4 is 9.84 Å². The Hall–Kier alpha value is -1.76. The summed E-state index contributed by atoms with van der Waals surface area (Å²) >= 11 is 0. The van der Waals surface area contributed by atoms with E-state index >= 15 is 0 Å². The third-order valence-electron chi connectivity index (χ3n) is 6.14. The maximum Gasteiger partial charge on any atom is 0.178 e. The van der Waals surface area contributed by atoms with Crippen LogP contribution in [0.4, 0.5) is 0 Å². The summed E-state index contributed by atoms with van der Waals surface area (Å²) in [5.41, 5.74) is 3.09. The van der Waals surface area contributed by atoms with Gasteiger partial charge in [0.15, 0.2) is 9.84 Å². The SMILES string of the molecule is CCS(=O)(=O)c1ccc(-c2ccc(CN3CCN(C4CCC4)CC3)nc2)cc1. The molecule has 0 N–H and O–H groups in total. The average Bonchev–Trinajstić information content (AvgIpc) is 2.69. The van der Waals surface area contributed by atoms with Gasteiger partial charge in [0, 0.05) is 50.5 Å². The smallest absolute Gasteiger partial charge is 0.178 e. The molecule has 1 aromatic heterocycles. The second-order valence-electron chi connectivity index (χ2n) is 7.86. The first kappa shape index (κ1) is 19.6. The Bertz CT molecular complexity index is 882. The lowest BCUT2D eigenvalue weighted by Crippen LogP contribution is -2.51. The van der Waals surface area contributed by atoms with Crippen LogP contribution >= 0.6 is 0 Å². The number of sulfone groups is 1. The van der Waals surface area contributed by atoms with Crippen LogP contribution in [0.5, 0.6) is 0 Å². The Kier molecular flexibility index (Phi) is 5.80. The molecule has 1 aliphatic carbocycles. The quantitative estimate of drug-likeness (QED) is 0.747. The number of nitrogens with zero attached hydrogens (tertiary/aromatic N) is 3. The average molecular weight is 400 g/mol. The normalized spacial score (nSPS) is 19.5. The van der Waals surface area contributed by atoms with Crippen LogP contribution in [0.15, 0.2) is 47.5 Å². The summed E-state index contributed by atoms with van der Waals surface area (Å²) in [6.45, 7) is 7.15. The summed E-state index contributed by atoms with van der Waals surface area (Å²) in [6.07, 6.45) is 6.06. The minimum atomic E-state index is -3.15. The van der Waals surface area contributed by atoms with Gasteiger partial charge in [-0.1, -0.05) is 31.5 Å².